The number of hydrazone groups is 1. The number of carbonyl (C=O) groups excluding carboxylic acids is 1. The Morgan fingerprint density at radius 3 is 2.42 bits per heavy atom. The monoisotopic (exact) mass is 511 g/mol. The lowest BCUT2D eigenvalue weighted by atomic mass is 10.2. The molecule has 0 aromatic heterocycles. The Balaban J connectivity index is 1.78. The molecule has 1 amide bonds. The Kier molecular flexibility index (Phi) is 8.80. The molecule has 8 nitrogen and oxygen atoms in total. The van der Waals surface area contributed by atoms with Crippen LogP contribution < -0.4 is 19.2 Å². The first kappa shape index (κ1) is 26.4. The maximum Gasteiger partial charge on any atom is 0.264 e. The minimum atomic E-state index is -4.12. The van der Waals surface area contributed by atoms with Crippen molar-refractivity contribution >= 4 is 27.8 Å². The Morgan fingerprint density at radius 1 is 1.08 bits per heavy atom. The van der Waals surface area contributed by atoms with Crippen LogP contribution in [0.1, 0.15) is 11.1 Å². The van der Waals surface area contributed by atoms with Crippen molar-refractivity contribution in [2.75, 3.05) is 24.6 Å². The molecule has 36 heavy (non-hydrogen) atoms. The van der Waals surface area contributed by atoms with Crippen LogP contribution in [0.25, 0.3) is 0 Å². The van der Waals surface area contributed by atoms with E-state index < -0.39 is 28.3 Å². The molecule has 0 fully saturated rings. The highest BCUT2D eigenvalue weighted by atomic mass is 32.2. The number of benzene rings is 3. The molecule has 0 aliphatic carbocycles. The number of sulfonamides is 1. The molecule has 3 aromatic rings. The van der Waals surface area contributed by atoms with Gasteiger partial charge in [-0.1, -0.05) is 30.4 Å². The third kappa shape index (κ3) is 6.70. The van der Waals surface area contributed by atoms with Gasteiger partial charge in [0.25, 0.3) is 15.9 Å². The number of aryl methyl sites for hydroxylation is 1. The maximum absolute atomic E-state index is 13.5. The molecule has 1 N–H and O–H groups in total. The summed E-state index contributed by atoms with van der Waals surface area (Å²) in [5, 5.41) is 3.92. The lowest BCUT2D eigenvalue weighted by Gasteiger charge is -2.23. The number of amides is 1. The fraction of sp³-hybridized carbons (Fsp3) is 0.154. The molecular weight excluding hydrogens is 485 g/mol. The zero-order valence-corrected chi connectivity index (χ0v) is 20.7. The van der Waals surface area contributed by atoms with Gasteiger partial charge in [0, 0.05) is 0 Å². The molecule has 0 spiro atoms. The average molecular weight is 512 g/mol. The van der Waals surface area contributed by atoms with Crippen molar-refractivity contribution < 1.29 is 27.1 Å². The first-order valence-corrected chi connectivity index (χ1v) is 12.3. The van der Waals surface area contributed by atoms with Crippen LogP contribution in [0.5, 0.6) is 11.5 Å². The van der Waals surface area contributed by atoms with Gasteiger partial charge >= 0.3 is 0 Å². The van der Waals surface area contributed by atoms with Crippen LogP contribution in [0.15, 0.2) is 89.4 Å². The van der Waals surface area contributed by atoms with Crippen molar-refractivity contribution in [1.82, 2.24) is 5.43 Å². The predicted octanol–water partition coefficient (Wildman–Crippen LogP) is 4.05. The lowest BCUT2D eigenvalue weighted by molar-refractivity contribution is -0.119. The molecule has 188 valence electrons. The van der Waals surface area contributed by atoms with Crippen LogP contribution in [0.4, 0.5) is 10.1 Å². The summed E-state index contributed by atoms with van der Waals surface area (Å²) in [6, 6.07) is 16.1. The largest absolute Gasteiger partial charge is 0.493 e. The third-order valence-electron chi connectivity index (χ3n) is 4.96. The number of hydrogen-bond donors (Lipinski definition) is 1. The number of nitrogens with one attached hydrogen (secondary N) is 1. The number of halogens is 1. The summed E-state index contributed by atoms with van der Waals surface area (Å²) in [6.07, 6.45) is 2.99. The standard InChI is InChI=1S/C26H26FN3O5S/c1-4-15-35-24-14-7-20(16-25(24)34-3)17-28-29-26(31)18-30(22-10-8-21(27)9-11-22)36(32,33)23-12-5-19(2)6-13-23/h4-14,16-17H,1,15,18H2,2-3H3,(H,29,31)/b28-17-. The molecule has 0 saturated heterocycles. The summed E-state index contributed by atoms with van der Waals surface area (Å²) in [6.45, 7) is 5.17. The number of nitrogens with zero attached hydrogens (tertiary/aromatic N) is 2. The van der Waals surface area contributed by atoms with Gasteiger partial charge in [-0.15, -0.1) is 0 Å². The summed E-state index contributed by atoms with van der Waals surface area (Å²) >= 11 is 0. The quantitative estimate of drug-likeness (QED) is 0.238. The zero-order valence-electron chi connectivity index (χ0n) is 19.8. The first-order valence-electron chi connectivity index (χ1n) is 10.8. The fourth-order valence-electron chi connectivity index (χ4n) is 3.14. The van der Waals surface area contributed by atoms with Gasteiger partial charge in [0.05, 0.1) is 23.9 Å². The number of anilines is 1. The van der Waals surface area contributed by atoms with E-state index >= 15 is 0 Å². The Bertz CT molecular complexity index is 1340. The highest BCUT2D eigenvalue weighted by molar-refractivity contribution is 7.92. The van der Waals surface area contributed by atoms with E-state index in [9.17, 15) is 17.6 Å². The van der Waals surface area contributed by atoms with E-state index in [1.807, 2.05) is 6.92 Å². The van der Waals surface area contributed by atoms with Crippen LogP contribution >= 0.6 is 0 Å². The summed E-state index contributed by atoms with van der Waals surface area (Å²) in [4.78, 5) is 12.7. The van der Waals surface area contributed by atoms with Crippen molar-refractivity contribution in [3.05, 3.63) is 96.3 Å². The van der Waals surface area contributed by atoms with Crippen LogP contribution in [0.2, 0.25) is 0 Å². The molecule has 3 rings (SSSR count). The zero-order chi connectivity index (χ0) is 26.1. The number of methoxy groups -OCH3 is 1. The number of hydrogen-bond acceptors (Lipinski definition) is 6. The van der Waals surface area contributed by atoms with Gasteiger partial charge < -0.3 is 9.47 Å². The molecular formula is C26H26FN3O5S. The Hall–Kier alpha value is -4.18. The summed E-state index contributed by atoms with van der Waals surface area (Å²) in [7, 11) is -2.62. The molecule has 0 atom stereocenters. The third-order valence-corrected chi connectivity index (χ3v) is 6.75. The van der Waals surface area contributed by atoms with Crippen molar-refractivity contribution in [3.8, 4) is 11.5 Å². The molecule has 0 radical (unpaired) electrons. The second-order valence-corrected chi connectivity index (χ2v) is 9.47. The normalized spacial score (nSPS) is 11.2. The molecule has 3 aromatic carbocycles. The van der Waals surface area contributed by atoms with Gasteiger partial charge in [-0.3, -0.25) is 9.10 Å². The van der Waals surface area contributed by atoms with Crippen molar-refractivity contribution in [1.29, 1.82) is 0 Å². The Morgan fingerprint density at radius 2 is 1.78 bits per heavy atom. The van der Waals surface area contributed by atoms with Gasteiger partial charge in [-0.05, 0) is 67.1 Å². The fourth-order valence-corrected chi connectivity index (χ4v) is 4.56. The SMILES string of the molecule is C=CCOc1ccc(/C=N\NC(=O)CN(c2ccc(F)cc2)S(=O)(=O)c2ccc(C)cc2)cc1OC. The average Bonchev–Trinajstić information content (AvgIpc) is 2.87. The van der Waals surface area contributed by atoms with E-state index in [2.05, 4.69) is 17.1 Å². The number of ether oxygens (including phenoxy) is 2. The smallest absolute Gasteiger partial charge is 0.264 e. The van der Waals surface area contributed by atoms with Gasteiger partial charge in [-0.25, -0.2) is 18.2 Å². The predicted molar refractivity (Wildman–Crippen MR) is 137 cm³/mol. The molecule has 0 aliphatic rings. The molecule has 0 saturated carbocycles. The topological polar surface area (TPSA) is 97.3 Å². The minimum absolute atomic E-state index is 0.000385. The molecule has 0 heterocycles. The highest BCUT2D eigenvalue weighted by Gasteiger charge is 2.27. The van der Waals surface area contributed by atoms with Gasteiger partial charge in [0.1, 0.15) is 19.0 Å². The molecule has 0 aliphatic heterocycles. The van der Waals surface area contributed by atoms with Crippen LogP contribution in [0, 0.1) is 12.7 Å². The van der Waals surface area contributed by atoms with E-state index in [0.29, 0.717) is 23.7 Å². The molecule has 0 bridgehead atoms. The minimum Gasteiger partial charge on any atom is -0.493 e. The summed E-state index contributed by atoms with van der Waals surface area (Å²) in [5.41, 5.74) is 3.95. The first-order chi connectivity index (χ1) is 17.2. The summed E-state index contributed by atoms with van der Waals surface area (Å²) < 4.78 is 51.8. The summed E-state index contributed by atoms with van der Waals surface area (Å²) in [5.74, 6) is -0.227. The van der Waals surface area contributed by atoms with E-state index in [1.54, 1.807) is 36.4 Å². The second kappa shape index (κ2) is 12.0. The maximum atomic E-state index is 13.5. The van der Waals surface area contributed by atoms with Crippen LogP contribution in [0.3, 0.4) is 0 Å². The highest BCUT2D eigenvalue weighted by Crippen LogP contribution is 2.27. The van der Waals surface area contributed by atoms with Gasteiger partial charge in [0.2, 0.25) is 0 Å². The van der Waals surface area contributed by atoms with E-state index in [-0.39, 0.29) is 10.6 Å². The van der Waals surface area contributed by atoms with E-state index in [4.69, 9.17) is 9.47 Å². The van der Waals surface area contributed by atoms with Crippen LogP contribution in [-0.2, 0) is 14.8 Å². The van der Waals surface area contributed by atoms with Crippen molar-refractivity contribution in [2.45, 2.75) is 11.8 Å². The van der Waals surface area contributed by atoms with Crippen molar-refractivity contribution in [2.24, 2.45) is 5.10 Å². The Labute approximate surface area is 209 Å². The van der Waals surface area contributed by atoms with E-state index in [1.165, 1.54) is 37.6 Å². The second-order valence-electron chi connectivity index (χ2n) is 7.60. The number of rotatable bonds is 11. The van der Waals surface area contributed by atoms with Crippen LogP contribution in [-0.4, -0.2) is 40.8 Å². The molecule has 0 unspecified atom stereocenters. The molecule has 10 heteroatoms. The van der Waals surface area contributed by atoms with Gasteiger partial charge in [0.15, 0.2) is 11.5 Å². The van der Waals surface area contributed by atoms with Gasteiger partial charge in [-0.2, -0.15) is 5.10 Å². The number of carbonyl (C=O) groups is 1. The van der Waals surface area contributed by atoms with Crippen molar-refractivity contribution in [3.63, 3.8) is 0 Å². The van der Waals surface area contributed by atoms with E-state index in [0.717, 1.165) is 22.0 Å². The lowest BCUT2D eigenvalue weighted by Crippen LogP contribution is -2.39.